The molecule has 1 saturated heterocycles. The zero-order chi connectivity index (χ0) is 21.1. The van der Waals surface area contributed by atoms with E-state index in [9.17, 15) is 0 Å². The first-order chi connectivity index (χ1) is 14.5. The Bertz CT molecular complexity index is 954. The number of likely N-dealkylation sites (tertiary alicyclic amines) is 1. The average Bonchev–Trinajstić information content (AvgIpc) is 3.39. The highest BCUT2D eigenvalue weighted by atomic mass is 15.1. The Balaban J connectivity index is 1.57. The van der Waals surface area contributed by atoms with Crippen LogP contribution in [0.1, 0.15) is 74.9 Å². The Hall–Kier alpha value is -2.46. The summed E-state index contributed by atoms with van der Waals surface area (Å²) < 4.78 is 4.53. The molecule has 3 aromatic rings. The van der Waals surface area contributed by atoms with Gasteiger partial charge in [0.2, 0.25) is 6.33 Å². The van der Waals surface area contributed by atoms with Crippen molar-refractivity contribution >= 4 is 0 Å². The van der Waals surface area contributed by atoms with Crippen molar-refractivity contribution in [1.82, 2.24) is 14.5 Å². The molecule has 0 spiro atoms. The largest absolute Gasteiger partial charge is 0.298 e. The molecule has 4 rings (SSSR count). The van der Waals surface area contributed by atoms with E-state index in [4.69, 9.17) is 4.98 Å². The standard InChI is InChI=1S/C26H35N4/c1-20(2)24-11-8-12-25(21(3)4)26(24)30-16-15-29(19-30)18-23-10-7-9-22(27-23)17-28-13-5-6-14-28/h7-12,15-16,19-21H,5-6,13-14,17-18H2,1-4H3/q+1. The van der Waals surface area contributed by atoms with Crippen LogP contribution in [0.4, 0.5) is 0 Å². The molecule has 0 radical (unpaired) electrons. The molecular weight excluding hydrogens is 368 g/mol. The third kappa shape index (κ3) is 4.65. The van der Waals surface area contributed by atoms with Crippen LogP contribution < -0.4 is 4.57 Å². The summed E-state index contributed by atoms with van der Waals surface area (Å²) in [4.78, 5) is 7.44. The zero-order valence-electron chi connectivity index (χ0n) is 18.9. The molecule has 158 valence electrons. The maximum Gasteiger partial charge on any atom is 0.249 e. The molecule has 30 heavy (non-hydrogen) atoms. The van der Waals surface area contributed by atoms with Crippen LogP contribution in [-0.2, 0) is 13.1 Å². The number of nitrogens with zero attached hydrogens (tertiary/aromatic N) is 4. The Morgan fingerprint density at radius 2 is 1.53 bits per heavy atom. The van der Waals surface area contributed by atoms with Crippen molar-refractivity contribution in [3.63, 3.8) is 0 Å². The molecule has 1 fully saturated rings. The summed E-state index contributed by atoms with van der Waals surface area (Å²) >= 11 is 0. The number of hydrogen-bond acceptors (Lipinski definition) is 2. The minimum atomic E-state index is 0.485. The van der Waals surface area contributed by atoms with Crippen molar-refractivity contribution in [2.75, 3.05) is 13.1 Å². The smallest absolute Gasteiger partial charge is 0.249 e. The Labute approximate surface area is 181 Å². The van der Waals surface area contributed by atoms with Gasteiger partial charge >= 0.3 is 0 Å². The van der Waals surface area contributed by atoms with E-state index in [0.717, 1.165) is 18.8 Å². The van der Waals surface area contributed by atoms with Gasteiger partial charge < -0.3 is 0 Å². The minimum absolute atomic E-state index is 0.485. The van der Waals surface area contributed by atoms with Gasteiger partial charge in [-0.3, -0.25) is 9.88 Å². The van der Waals surface area contributed by atoms with Crippen LogP contribution in [0, 0.1) is 0 Å². The molecule has 2 aromatic heterocycles. The lowest BCUT2D eigenvalue weighted by molar-refractivity contribution is -0.688. The fourth-order valence-electron chi connectivity index (χ4n) is 4.49. The number of para-hydroxylation sites is 1. The molecule has 0 unspecified atom stereocenters. The van der Waals surface area contributed by atoms with Gasteiger partial charge in [0, 0.05) is 17.7 Å². The lowest BCUT2D eigenvalue weighted by Gasteiger charge is -2.16. The minimum Gasteiger partial charge on any atom is -0.298 e. The topological polar surface area (TPSA) is 24.9 Å². The predicted octanol–water partition coefficient (Wildman–Crippen LogP) is 5.05. The molecule has 0 N–H and O–H groups in total. The van der Waals surface area contributed by atoms with E-state index in [1.807, 2.05) is 0 Å². The van der Waals surface area contributed by atoms with Crippen LogP contribution in [0.2, 0.25) is 0 Å². The Kier molecular flexibility index (Phi) is 6.33. The van der Waals surface area contributed by atoms with Crippen molar-refractivity contribution in [2.24, 2.45) is 0 Å². The molecule has 0 atom stereocenters. The second-order valence-electron chi connectivity index (χ2n) is 9.19. The SMILES string of the molecule is CC(C)c1cccc(C(C)C)c1-n1cc[n+](Cc2cccc(CN3CCCC3)n2)c1. The first kappa shape index (κ1) is 20.8. The third-order valence-electron chi connectivity index (χ3n) is 6.09. The molecule has 1 aromatic carbocycles. The molecule has 3 heterocycles. The molecule has 1 aliphatic heterocycles. The van der Waals surface area contributed by atoms with E-state index in [1.165, 1.54) is 48.4 Å². The van der Waals surface area contributed by atoms with Gasteiger partial charge in [-0.05, 0) is 49.9 Å². The lowest BCUT2D eigenvalue weighted by atomic mass is 9.92. The maximum atomic E-state index is 4.93. The van der Waals surface area contributed by atoms with Crippen LogP contribution in [-0.4, -0.2) is 27.5 Å². The van der Waals surface area contributed by atoms with Crippen LogP contribution in [0.25, 0.3) is 5.69 Å². The van der Waals surface area contributed by atoms with E-state index in [0.29, 0.717) is 11.8 Å². The van der Waals surface area contributed by atoms with E-state index in [2.05, 4.69) is 96.8 Å². The van der Waals surface area contributed by atoms with Gasteiger partial charge in [-0.25, -0.2) is 9.13 Å². The van der Waals surface area contributed by atoms with Crippen LogP contribution in [0.15, 0.2) is 55.1 Å². The van der Waals surface area contributed by atoms with Gasteiger partial charge in [-0.1, -0.05) is 52.0 Å². The number of imidazole rings is 1. The number of pyridine rings is 1. The molecule has 0 bridgehead atoms. The molecular formula is C26H35N4+. The number of rotatable bonds is 7. The highest BCUT2D eigenvalue weighted by Crippen LogP contribution is 2.30. The third-order valence-corrected chi connectivity index (χ3v) is 6.09. The highest BCUT2D eigenvalue weighted by Gasteiger charge is 2.20. The molecule has 0 amide bonds. The van der Waals surface area contributed by atoms with Crippen molar-refractivity contribution in [3.8, 4) is 5.69 Å². The molecule has 4 nitrogen and oxygen atoms in total. The fourth-order valence-corrected chi connectivity index (χ4v) is 4.49. The van der Waals surface area contributed by atoms with Gasteiger partial charge in [0.1, 0.15) is 24.6 Å². The lowest BCUT2D eigenvalue weighted by Crippen LogP contribution is -2.32. The summed E-state index contributed by atoms with van der Waals surface area (Å²) in [6.07, 6.45) is 9.19. The van der Waals surface area contributed by atoms with Gasteiger partial charge in [0.15, 0.2) is 0 Å². The van der Waals surface area contributed by atoms with Crippen molar-refractivity contribution in [2.45, 2.75) is 65.5 Å². The normalized spacial score (nSPS) is 14.9. The van der Waals surface area contributed by atoms with Gasteiger partial charge in [-0.2, -0.15) is 0 Å². The van der Waals surface area contributed by atoms with Crippen LogP contribution in [0.3, 0.4) is 0 Å². The summed E-state index contributed by atoms with van der Waals surface area (Å²) in [5, 5.41) is 0. The zero-order valence-corrected chi connectivity index (χ0v) is 18.9. The van der Waals surface area contributed by atoms with Crippen molar-refractivity contribution in [1.29, 1.82) is 0 Å². The summed E-state index contributed by atoms with van der Waals surface area (Å²) in [6.45, 7) is 13.3. The molecule has 0 aliphatic carbocycles. The average molecular weight is 404 g/mol. The quantitative estimate of drug-likeness (QED) is 0.516. The number of aromatic nitrogens is 3. The number of hydrogen-bond donors (Lipinski definition) is 0. The predicted molar refractivity (Wildman–Crippen MR) is 122 cm³/mol. The molecule has 0 saturated carbocycles. The first-order valence-electron chi connectivity index (χ1n) is 11.4. The van der Waals surface area contributed by atoms with Crippen LogP contribution in [0.5, 0.6) is 0 Å². The molecule has 1 aliphatic rings. The monoisotopic (exact) mass is 403 g/mol. The maximum absolute atomic E-state index is 4.93. The summed E-state index contributed by atoms with van der Waals surface area (Å²) in [7, 11) is 0. The Morgan fingerprint density at radius 3 is 2.20 bits per heavy atom. The summed E-state index contributed by atoms with van der Waals surface area (Å²) in [5.41, 5.74) is 6.43. The van der Waals surface area contributed by atoms with Crippen molar-refractivity contribution in [3.05, 3.63) is 77.6 Å². The van der Waals surface area contributed by atoms with E-state index in [-0.39, 0.29) is 0 Å². The first-order valence-corrected chi connectivity index (χ1v) is 11.4. The second kappa shape index (κ2) is 9.13. The number of benzene rings is 1. The summed E-state index contributed by atoms with van der Waals surface area (Å²) in [6, 6.07) is 13.2. The van der Waals surface area contributed by atoms with Gasteiger partial charge in [0.25, 0.3) is 0 Å². The van der Waals surface area contributed by atoms with Gasteiger partial charge in [-0.15, -0.1) is 0 Å². The Morgan fingerprint density at radius 1 is 0.900 bits per heavy atom. The van der Waals surface area contributed by atoms with Gasteiger partial charge in [0.05, 0.1) is 11.4 Å². The molecule has 4 heteroatoms. The van der Waals surface area contributed by atoms with E-state index in [1.54, 1.807) is 0 Å². The van der Waals surface area contributed by atoms with Crippen molar-refractivity contribution < 1.29 is 4.57 Å². The van der Waals surface area contributed by atoms with E-state index < -0.39 is 0 Å². The van der Waals surface area contributed by atoms with Crippen LogP contribution >= 0.6 is 0 Å². The fraction of sp³-hybridized carbons (Fsp3) is 0.462. The van der Waals surface area contributed by atoms with E-state index >= 15 is 0 Å². The second-order valence-corrected chi connectivity index (χ2v) is 9.19. The summed E-state index contributed by atoms with van der Waals surface area (Å²) in [5.74, 6) is 0.969. The highest BCUT2D eigenvalue weighted by molar-refractivity contribution is 5.50.